The van der Waals surface area contributed by atoms with Gasteiger partial charge in [0.1, 0.15) is 0 Å². The molecule has 0 heterocycles. The molecule has 0 bridgehead atoms. The molecule has 4 heteroatoms. The van der Waals surface area contributed by atoms with Crippen LogP contribution in [0.3, 0.4) is 0 Å². The van der Waals surface area contributed by atoms with Crippen molar-refractivity contribution in [3.05, 3.63) is 64.2 Å². The SMILES string of the molecule is Cc1cc(C)c(NC(=O)C(=O)NCc2ccc(C(C)C)cc2)c(C)c1. The van der Waals surface area contributed by atoms with Crippen LogP contribution in [0, 0.1) is 20.8 Å². The zero-order chi connectivity index (χ0) is 18.6. The lowest BCUT2D eigenvalue weighted by Crippen LogP contribution is -2.35. The third-order valence-electron chi connectivity index (χ3n) is 4.22. The molecule has 0 aliphatic rings. The number of carbonyl (C=O) groups excluding carboxylic acids is 2. The monoisotopic (exact) mass is 338 g/mol. The molecule has 0 aromatic heterocycles. The van der Waals surface area contributed by atoms with Crippen LogP contribution in [-0.4, -0.2) is 11.8 Å². The lowest BCUT2D eigenvalue weighted by atomic mass is 10.0. The second kappa shape index (κ2) is 7.97. The fourth-order valence-electron chi connectivity index (χ4n) is 2.83. The standard InChI is InChI=1S/C21H26N2O2/c1-13(2)18-8-6-17(7-9-18)12-22-20(24)21(25)23-19-15(4)10-14(3)11-16(19)5/h6-11,13H,12H2,1-5H3,(H,22,24)(H,23,25). The molecule has 0 fully saturated rings. The van der Waals surface area contributed by atoms with Gasteiger partial charge in [0.15, 0.2) is 0 Å². The lowest BCUT2D eigenvalue weighted by Gasteiger charge is -2.13. The summed E-state index contributed by atoms with van der Waals surface area (Å²) in [5.41, 5.74) is 5.94. The molecule has 0 spiro atoms. The molecule has 4 nitrogen and oxygen atoms in total. The van der Waals surface area contributed by atoms with E-state index < -0.39 is 11.8 Å². The van der Waals surface area contributed by atoms with E-state index in [1.54, 1.807) is 0 Å². The maximum absolute atomic E-state index is 12.1. The zero-order valence-electron chi connectivity index (χ0n) is 15.6. The summed E-state index contributed by atoms with van der Waals surface area (Å²) < 4.78 is 0. The van der Waals surface area contributed by atoms with Gasteiger partial charge in [-0.05, 0) is 48.9 Å². The third-order valence-corrected chi connectivity index (χ3v) is 4.22. The van der Waals surface area contributed by atoms with Crippen LogP contribution in [0.2, 0.25) is 0 Å². The first kappa shape index (κ1) is 18.7. The maximum atomic E-state index is 12.1. The minimum Gasteiger partial charge on any atom is -0.344 e. The first-order valence-corrected chi connectivity index (χ1v) is 8.53. The zero-order valence-corrected chi connectivity index (χ0v) is 15.6. The number of rotatable bonds is 4. The molecule has 0 saturated carbocycles. The van der Waals surface area contributed by atoms with E-state index in [1.165, 1.54) is 5.56 Å². The predicted molar refractivity (Wildman–Crippen MR) is 102 cm³/mol. The van der Waals surface area contributed by atoms with Crippen molar-refractivity contribution < 1.29 is 9.59 Å². The van der Waals surface area contributed by atoms with Crippen LogP contribution < -0.4 is 10.6 Å². The fraction of sp³-hybridized carbons (Fsp3) is 0.333. The molecule has 2 amide bonds. The fourth-order valence-corrected chi connectivity index (χ4v) is 2.83. The van der Waals surface area contributed by atoms with E-state index in [0.717, 1.165) is 22.3 Å². The van der Waals surface area contributed by atoms with Gasteiger partial charge in [-0.25, -0.2) is 0 Å². The molecule has 0 unspecified atom stereocenters. The second-order valence-corrected chi connectivity index (χ2v) is 6.81. The Balaban J connectivity index is 1.96. The highest BCUT2D eigenvalue weighted by molar-refractivity contribution is 6.39. The Kier molecular flexibility index (Phi) is 5.97. The first-order valence-electron chi connectivity index (χ1n) is 8.53. The van der Waals surface area contributed by atoms with Crippen molar-refractivity contribution in [1.29, 1.82) is 0 Å². The predicted octanol–water partition coefficient (Wildman–Crippen LogP) is 3.99. The molecule has 2 rings (SSSR count). The molecule has 2 N–H and O–H groups in total. The molecular weight excluding hydrogens is 312 g/mol. The summed E-state index contributed by atoms with van der Waals surface area (Å²) in [4.78, 5) is 24.2. The average molecular weight is 338 g/mol. The highest BCUT2D eigenvalue weighted by atomic mass is 16.2. The van der Waals surface area contributed by atoms with Crippen molar-refractivity contribution in [2.75, 3.05) is 5.32 Å². The van der Waals surface area contributed by atoms with Gasteiger partial charge in [-0.2, -0.15) is 0 Å². The number of hydrogen-bond acceptors (Lipinski definition) is 2. The number of amides is 2. The molecular formula is C21H26N2O2. The minimum atomic E-state index is -0.645. The van der Waals surface area contributed by atoms with E-state index in [2.05, 4.69) is 24.5 Å². The highest BCUT2D eigenvalue weighted by Crippen LogP contribution is 2.21. The number of anilines is 1. The van der Waals surface area contributed by atoms with Crippen LogP contribution in [0.15, 0.2) is 36.4 Å². The molecule has 0 saturated heterocycles. The average Bonchev–Trinajstić information content (AvgIpc) is 2.56. The summed E-state index contributed by atoms with van der Waals surface area (Å²) in [6.07, 6.45) is 0. The van der Waals surface area contributed by atoms with E-state index in [4.69, 9.17) is 0 Å². The van der Waals surface area contributed by atoms with Crippen molar-refractivity contribution in [2.24, 2.45) is 0 Å². The van der Waals surface area contributed by atoms with Gasteiger partial charge in [0, 0.05) is 12.2 Å². The van der Waals surface area contributed by atoms with Crippen molar-refractivity contribution >= 4 is 17.5 Å². The van der Waals surface area contributed by atoms with Gasteiger partial charge < -0.3 is 10.6 Å². The molecule has 0 radical (unpaired) electrons. The lowest BCUT2D eigenvalue weighted by molar-refractivity contribution is -0.136. The number of aryl methyl sites for hydroxylation is 3. The second-order valence-electron chi connectivity index (χ2n) is 6.81. The van der Waals surface area contributed by atoms with E-state index >= 15 is 0 Å². The van der Waals surface area contributed by atoms with Gasteiger partial charge in [-0.3, -0.25) is 9.59 Å². The van der Waals surface area contributed by atoms with Crippen LogP contribution in [0.25, 0.3) is 0 Å². The minimum absolute atomic E-state index is 0.330. The van der Waals surface area contributed by atoms with E-state index in [-0.39, 0.29) is 0 Å². The van der Waals surface area contributed by atoms with Crippen LogP contribution >= 0.6 is 0 Å². The Morgan fingerprint density at radius 1 is 0.920 bits per heavy atom. The number of hydrogen-bond donors (Lipinski definition) is 2. The number of benzene rings is 2. The smallest absolute Gasteiger partial charge is 0.313 e. The van der Waals surface area contributed by atoms with Crippen LogP contribution in [-0.2, 0) is 16.1 Å². The topological polar surface area (TPSA) is 58.2 Å². The van der Waals surface area contributed by atoms with Crippen LogP contribution in [0.1, 0.15) is 47.6 Å². The van der Waals surface area contributed by atoms with Gasteiger partial charge in [0.05, 0.1) is 0 Å². The molecule has 2 aromatic carbocycles. The molecule has 0 aliphatic carbocycles. The summed E-state index contributed by atoms with van der Waals surface area (Å²) in [6.45, 7) is 10.4. The Bertz CT molecular complexity index is 754. The Morgan fingerprint density at radius 2 is 1.48 bits per heavy atom. The van der Waals surface area contributed by atoms with E-state index in [1.807, 2.05) is 57.2 Å². The molecule has 2 aromatic rings. The van der Waals surface area contributed by atoms with Crippen molar-refractivity contribution in [1.82, 2.24) is 5.32 Å². The quantitative estimate of drug-likeness (QED) is 0.828. The summed E-state index contributed by atoms with van der Waals surface area (Å²) in [6, 6.07) is 12.0. The maximum Gasteiger partial charge on any atom is 0.313 e. The van der Waals surface area contributed by atoms with Crippen LogP contribution in [0.5, 0.6) is 0 Å². The molecule has 132 valence electrons. The third kappa shape index (κ3) is 4.92. The van der Waals surface area contributed by atoms with Gasteiger partial charge >= 0.3 is 11.8 Å². The van der Waals surface area contributed by atoms with Gasteiger partial charge in [0.2, 0.25) is 0 Å². The first-order chi connectivity index (χ1) is 11.8. The summed E-state index contributed by atoms with van der Waals surface area (Å²) in [5.74, 6) is -0.809. The van der Waals surface area contributed by atoms with Crippen molar-refractivity contribution in [3.8, 4) is 0 Å². The van der Waals surface area contributed by atoms with Gasteiger partial charge in [-0.1, -0.05) is 55.8 Å². The molecule has 0 aliphatic heterocycles. The van der Waals surface area contributed by atoms with Crippen molar-refractivity contribution in [2.45, 2.75) is 47.1 Å². The normalized spacial score (nSPS) is 10.6. The largest absolute Gasteiger partial charge is 0.344 e. The summed E-state index contributed by atoms with van der Waals surface area (Å²) in [5, 5.41) is 5.38. The Morgan fingerprint density at radius 3 is 2.00 bits per heavy atom. The van der Waals surface area contributed by atoms with E-state index in [9.17, 15) is 9.59 Å². The Labute approximate surface area is 149 Å². The number of nitrogens with one attached hydrogen (secondary N) is 2. The van der Waals surface area contributed by atoms with Crippen LogP contribution in [0.4, 0.5) is 5.69 Å². The van der Waals surface area contributed by atoms with Gasteiger partial charge in [-0.15, -0.1) is 0 Å². The Hall–Kier alpha value is -2.62. The van der Waals surface area contributed by atoms with Gasteiger partial charge in [0.25, 0.3) is 0 Å². The number of carbonyl (C=O) groups is 2. The molecule has 0 atom stereocenters. The summed E-state index contributed by atoms with van der Waals surface area (Å²) in [7, 11) is 0. The molecule has 25 heavy (non-hydrogen) atoms. The van der Waals surface area contributed by atoms with E-state index in [0.29, 0.717) is 18.2 Å². The highest BCUT2D eigenvalue weighted by Gasteiger charge is 2.15. The van der Waals surface area contributed by atoms with Crippen molar-refractivity contribution in [3.63, 3.8) is 0 Å². The summed E-state index contributed by atoms with van der Waals surface area (Å²) >= 11 is 0.